The average molecular weight is 331 g/mol. The molecule has 0 aliphatic rings. The Morgan fingerprint density at radius 1 is 1.09 bits per heavy atom. The van der Waals surface area contributed by atoms with Crippen LogP contribution < -0.4 is 10.6 Å². The number of benzene rings is 2. The van der Waals surface area contributed by atoms with E-state index in [9.17, 15) is 9.59 Å². The van der Waals surface area contributed by atoms with Gasteiger partial charge >= 0.3 is 0 Å². The largest absolute Gasteiger partial charge is 0.352 e. The van der Waals surface area contributed by atoms with Crippen LogP contribution in [0.2, 0.25) is 5.02 Å². The van der Waals surface area contributed by atoms with E-state index in [1.165, 1.54) is 0 Å². The first-order valence-electron chi connectivity index (χ1n) is 7.45. The van der Waals surface area contributed by atoms with E-state index in [0.29, 0.717) is 35.7 Å². The highest BCUT2D eigenvalue weighted by Gasteiger charge is 2.06. The van der Waals surface area contributed by atoms with Crippen molar-refractivity contribution in [2.45, 2.75) is 19.8 Å². The van der Waals surface area contributed by atoms with Gasteiger partial charge in [-0.2, -0.15) is 0 Å². The molecule has 23 heavy (non-hydrogen) atoms. The van der Waals surface area contributed by atoms with Crippen LogP contribution in [0.15, 0.2) is 48.5 Å². The molecule has 2 rings (SSSR count). The summed E-state index contributed by atoms with van der Waals surface area (Å²) in [6.07, 6.45) is 0.907. The molecule has 0 aliphatic heterocycles. The Hall–Kier alpha value is -2.33. The molecule has 0 fully saturated rings. The van der Waals surface area contributed by atoms with Crippen LogP contribution >= 0.6 is 11.6 Å². The SMILES string of the molecule is Cc1ccc(NC(=O)CCCNC(=O)c2ccccc2)cc1Cl. The number of halogens is 1. The first kappa shape index (κ1) is 17.0. The molecule has 0 heterocycles. The zero-order valence-electron chi connectivity index (χ0n) is 12.9. The summed E-state index contributed by atoms with van der Waals surface area (Å²) in [5.74, 6) is -0.227. The van der Waals surface area contributed by atoms with Crippen molar-refractivity contribution in [3.63, 3.8) is 0 Å². The number of hydrogen-bond donors (Lipinski definition) is 2. The van der Waals surface area contributed by atoms with E-state index in [-0.39, 0.29) is 11.8 Å². The second-order valence-corrected chi connectivity index (χ2v) is 5.64. The fourth-order valence-electron chi connectivity index (χ4n) is 2.04. The maximum Gasteiger partial charge on any atom is 0.251 e. The minimum Gasteiger partial charge on any atom is -0.352 e. The Balaban J connectivity index is 1.70. The van der Waals surface area contributed by atoms with Gasteiger partial charge in [-0.05, 0) is 43.2 Å². The lowest BCUT2D eigenvalue weighted by molar-refractivity contribution is -0.116. The van der Waals surface area contributed by atoms with Crippen molar-refractivity contribution in [1.29, 1.82) is 0 Å². The number of amides is 2. The third-order valence-electron chi connectivity index (χ3n) is 3.36. The van der Waals surface area contributed by atoms with E-state index in [2.05, 4.69) is 10.6 Å². The van der Waals surface area contributed by atoms with Crippen LogP contribution in [0.4, 0.5) is 5.69 Å². The number of carbonyl (C=O) groups excluding carboxylic acids is 2. The number of aryl methyl sites for hydroxylation is 1. The van der Waals surface area contributed by atoms with Crippen molar-refractivity contribution in [2.75, 3.05) is 11.9 Å². The molecule has 2 amide bonds. The second-order valence-electron chi connectivity index (χ2n) is 5.24. The third kappa shape index (κ3) is 5.42. The molecule has 0 bridgehead atoms. The maximum absolute atomic E-state index is 11.9. The van der Waals surface area contributed by atoms with Gasteiger partial charge in [0.2, 0.25) is 5.91 Å². The smallest absolute Gasteiger partial charge is 0.251 e. The quantitative estimate of drug-likeness (QED) is 0.791. The molecule has 2 N–H and O–H groups in total. The van der Waals surface area contributed by atoms with Gasteiger partial charge in [-0.3, -0.25) is 9.59 Å². The highest BCUT2D eigenvalue weighted by molar-refractivity contribution is 6.31. The number of hydrogen-bond acceptors (Lipinski definition) is 2. The van der Waals surface area contributed by atoms with Crippen LogP contribution in [0.3, 0.4) is 0 Å². The molecule has 2 aromatic carbocycles. The van der Waals surface area contributed by atoms with Gasteiger partial charge in [-0.15, -0.1) is 0 Å². The highest BCUT2D eigenvalue weighted by Crippen LogP contribution is 2.20. The molecule has 5 heteroatoms. The fourth-order valence-corrected chi connectivity index (χ4v) is 2.22. The van der Waals surface area contributed by atoms with Gasteiger partial charge < -0.3 is 10.6 Å². The predicted molar refractivity (Wildman–Crippen MR) is 92.8 cm³/mol. The van der Waals surface area contributed by atoms with E-state index in [0.717, 1.165) is 5.56 Å². The van der Waals surface area contributed by atoms with Gasteiger partial charge in [-0.25, -0.2) is 0 Å². The molecule has 0 saturated carbocycles. The zero-order chi connectivity index (χ0) is 16.7. The summed E-state index contributed by atoms with van der Waals surface area (Å²) in [5, 5.41) is 6.21. The summed E-state index contributed by atoms with van der Waals surface area (Å²) in [6, 6.07) is 14.4. The van der Waals surface area contributed by atoms with Gasteiger partial charge in [0.15, 0.2) is 0 Å². The maximum atomic E-state index is 11.9. The first-order valence-corrected chi connectivity index (χ1v) is 7.83. The van der Waals surface area contributed by atoms with Crippen LogP contribution in [0.25, 0.3) is 0 Å². The van der Waals surface area contributed by atoms with Crippen molar-refractivity contribution in [3.05, 3.63) is 64.7 Å². The summed E-state index contributed by atoms with van der Waals surface area (Å²) >= 11 is 6.02. The van der Waals surface area contributed by atoms with Crippen molar-refractivity contribution in [3.8, 4) is 0 Å². The molecule has 0 unspecified atom stereocenters. The van der Waals surface area contributed by atoms with Crippen LogP contribution in [-0.4, -0.2) is 18.4 Å². The van der Waals surface area contributed by atoms with Gasteiger partial charge in [0.1, 0.15) is 0 Å². The zero-order valence-corrected chi connectivity index (χ0v) is 13.7. The van der Waals surface area contributed by atoms with Crippen LogP contribution in [0.1, 0.15) is 28.8 Å². The highest BCUT2D eigenvalue weighted by atomic mass is 35.5. The molecule has 2 aromatic rings. The van der Waals surface area contributed by atoms with Crippen molar-refractivity contribution in [1.82, 2.24) is 5.32 Å². The van der Waals surface area contributed by atoms with Crippen LogP contribution in [-0.2, 0) is 4.79 Å². The summed E-state index contributed by atoms with van der Waals surface area (Å²) in [6.45, 7) is 2.36. The Morgan fingerprint density at radius 3 is 2.52 bits per heavy atom. The van der Waals surface area contributed by atoms with Gasteiger partial charge in [0.05, 0.1) is 0 Å². The minimum atomic E-state index is -0.128. The molecule has 0 atom stereocenters. The fraction of sp³-hybridized carbons (Fsp3) is 0.222. The Labute approximate surface area is 140 Å². The predicted octanol–water partition coefficient (Wildman–Crippen LogP) is 3.80. The number of anilines is 1. The van der Waals surface area contributed by atoms with E-state index in [4.69, 9.17) is 11.6 Å². The Kier molecular flexibility index (Phi) is 6.18. The van der Waals surface area contributed by atoms with Gasteiger partial charge in [-0.1, -0.05) is 35.9 Å². The third-order valence-corrected chi connectivity index (χ3v) is 3.76. The van der Waals surface area contributed by atoms with E-state index in [1.807, 2.05) is 37.3 Å². The van der Waals surface area contributed by atoms with E-state index < -0.39 is 0 Å². The van der Waals surface area contributed by atoms with E-state index in [1.54, 1.807) is 18.2 Å². The summed E-state index contributed by atoms with van der Waals surface area (Å²) in [4.78, 5) is 23.7. The first-order chi connectivity index (χ1) is 11.1. The van der Waals surface area contributed by atoms with Crippen molar-refractivity contribution >= 4 is 29.1 Å². The van der Waals surface area contributed by atoms with Crippen molar-refractivity contribution in [2.24, 2.45) is 0 Å². The normalized spacial score (nSPS) is 10.2. The molecular formula is C18H19ClN2O2. The molecular weight excluding hydrogens is 312 g/mol. The number of nitrogens with one attached hydrogen (secondary N) is 2. The topological polar surface area (TPSA) is 58.2 Å². The lowest BCUT2D eigenvalue weighted by Crippen LogP contribution is -2.25. The lowest BCUT2D eigenvalue weighted by Gasteiger charge is -2.08. The van der Waals surface area contributed by atoms with Gasteiger partial charge in [0, 0.05) is 29.2 Å². The van der Waals surface area contributed by atoms with Crippen LogP contribution in [0, 0.1) is 6.92 Å². The molecule has 120 valence electrons. The summed E-state index contributed by atoms with van der Waals surface area (Å²) in [7, 11) is 0. The molecule has 0 aliphatic carbocycles. The molecule has 0 saturated heterocycles. The Morgan fingerprint density at radius 2 is 1.83 bits per heavy atom. The van der Waals surface area contributed by atoms with Crippen molar-refractivity contribution < 1.29 is 9.59 Å². The number of rotatable bonds is 6. The monoisotopic (exact) mass is 330 g/mol. The number of carbonyl (C=O) groups is 2. The summed E-state index contributed by atoms with van der Waals surface area (Å²) < 4.78 is 0. The molecule has 0 radical (unpaired) electrons. The molecule has 0 aromatic heterocycles. The van der Waals surface area contributed by atoms with E-state index >= 15 is 0 Å². The average Bonchev–Trinajstić information content (AvgIpc) is 2.55. The standard InChI is InChI=1S/C18H19ClN2O2/c1-13-9-10-15(12-16(13)19)21-17(22)8-5-11-20-18(23)14-6-3-2-4-7-14/h2-4,6-7,9-10,12H,5,8,11H2,1H3,(H,20,23)(H,21,22). The van der Waals surface area contributed by atoms with Gasteiger partial charge in [0.25, 0.3) is 5.91 Å². The van der Waals surface area contributed by atoms with Crippen LogP contribution in [0.5, 0.6) is 0 Å². The lowest BCUT2D eigenvalue weighted by atomic mass is 10.2. The molecule has 4 nitrogen and oxygen atoms in total. The Bertz CT molecular complexity index is 687. The molecule has 0 spiro atoms. The summed E-state index contributed by atoms with van der Waals surface area (Å²) in [5.41, 5.74) is 2.26. The second kappa shape index (κ2) is 8.34. The minimum absolute atomic E-state index is 0.0983.